The molecule has 0 aliphatic rings. The Kier molecular flexibility index (Phi) is 5.69. The van der Waals surface area contributed by atoms with Gasteiger partial charge in [0.25, 0.3) is 0 Å². The van der Waals surface area contributed by atoms with E-state index in [2.05, 4.69) is 10.6 Å². The number of nitrogens with one attached hydrogen (secondary N) is 2. The Morgan fingerprint density at radius 2 is 2.05 bits per heavy atom. The minimum absolute atomic E-state index is 0.250. The second kappa shape index (κ2) is 7.04. The number of imide groups is 1. The molecule has 0 atom stereocenters. The fourth-order valence-electron chi connectivity index (χ4n) is 1.45. The lowest BCUT2D eigenvalue weighted by atomic mass is 9.89. The molecule has 0 radical (unpaired) electrons. The molecule has 3 amide bonds. The van der Waals surface area contributed by atoms with Crippen molar-refractivity contribution < 1.29 is 19.5 Å². The standard InChI is InChI=1S/C13H18N2O4S/c1-13(2,11(17)18)7-10(16)15-12(19)14-5-3-9-4-6-20-8-9/h4,6,8H,3,5,7H2,1-2H3,(H,17,18)(H2,14,15,16,19). The smallest absolute Gasteiger partial charge is 0.321 e. The van der Waals surface area contributed by atoms with Gasteiger partial charge in [-0.2, -0.15) is 11.3 Å². The normalized spacial score (nSPS) is 10.9. The Bertz CT molecular complexity index is 483. The van der Waals surface area contributed by atoms with E-state index in [9.17, 15) is 14.4 Å². The lowest BCUT2D eigenvalue weighted by Crippen LogP contribution is -2.42. The Hall–Kier alpha value is -1.89. The maximum Gasteiger partial charge on any atom is 0.321 e. The fraction of sp³-hybridized carbons (Fsp3) is 0.462. The second-order valence-corrected chi connectivity index (χ2v) is 5.83. The summed E-state index contributed by atoms with van der Waals surface area (Å²) in [6, 6.07) is 1.36. The highest BCUT2D eigenvalue weighted by molar-refractivity contribution is 7.07. The third-order valence-electron chi connectivity index (χ3n) is 2.71. The van der Waals surface area contributed by atoms with E-state index in [-0.39, 0.29) is 6.42 Å². The first-order chi connectivity index (χ1) is 9.31. The van der Waals surface area contributed by atoms with Crippen LogP contribution in [0.3, 0.4) is 0 Å². The number of aliphatic carboxylic acids is 1. The fourth-order valence-corrected chi connectivity index (χ4v) is 2.15. The van der Waals surface area contributed by atoms with Crippen molar-refractivity contribution in [3.05, 3.63) is 22.4 Å². The number of rotatable bonds is 6. The molecule has 0 unspecified atom stereocenters. The lowest BCUT2D eigenvalue weighted by molar-refractivity contribution is -0.149. The average molecular weight is 298 g/mol. The zero-order valence-electron chi connectivity index (χ0n) is 11.4. The summed E-state index contributed by atoms with van der Waals surface area (Å²) in [6.45, 7) is 3.28. The van der Waals surface area contributed by atoms with Crippen LogP contribution in [0.2, 0.25) is 0 Å². The molecule has 7 heteroatoms. The first kappa shape index (κ1) is 16.2. The van der Waals surface area contributed by atoms with Crippen LogP contribution in [-0.2, 0) is 16.0 Å². The molecule has 6 nitrogen and oxygen atoms in total. The molecule has 110 valence electrons. The van der Waals surface area contributed by atoms with Gasteiger partial charge in [0.05, 0.1) is 5.41 Å². The van der Waals surface area contributed by atoms with Crippen LogP contribution in [0.25, 0.3) is 0 Å². The maximum absolute atomic E-state index is 11.5. The van der Waals surface area contributed by atoms with Gasteiger partial charge in [0.15, 0.2) is 0 Å². The van der Waals surface area contributed by atoms with Crippen LogP contribution in [0.5, 0.6) is 0 Å². The zero-order valence-corrected chi connectivity index (χ0v) is 12.3. The van der Waals surface area contributed by atoms with Gasteiger partial charge in [0, 0.05) is 13.0 Å². The molecule has 1 aromatic rings. The first-order valence-electron chi connectivity index (χ1n) is 6.13. The van der Waals surface area contributed by atoms with Crippen molar-refractivity contribution in [2.75, 3.05) is 6.54 Å². The molecule has 0 fully saturated rings. The quantitative estimate of drug-likeness (QED) is 0.743. The van der Waals surface area contributed by atoms with E-state index < -0.39 is 23.3 Å². The number of urea groups is 1. The Morgan fingerprint density at radius 3 is 2.60 bits per heavy atom. The zero-order chi connectivity index (χ0) is 15.2. The van der Waals surface area contributed by atoms with E-state index in [1.54, 1.807) is 11.3 Å². The van der Waals surface area contributed by atoms with Crippen LogP contribution >= 0.6 is 11.3 Å². The first-order valence-corrected chi connectivity index (χ1v) is 7.08. The van der Waals surface area contributed by atoms with Crippen LogP contribution in [0.1, 0.15) is 25.8 Å². The molecule has 0 bridgehead atoms. The van der Waals surface area contributed by atoms with Gasteiger partial charge in [-0.15, -0.1) is 0 Å². The Balaban J connectivity index is 2.28. The molecule has 0 aromatic carbocycles. The van der Waals surface area contributed by atoms with Gasteiger partial charge in [0.1, 0.15) is 0 Å². The predicted octanol–water partition coefficient (Wildman–Crippen LogP) is 1.62. The van der Waals surface area contributed by atoms with Crippen LogP contribution in [-0.4, -0.2) is 29.6 Å². The topological polar surface area (TPSA) is 95.5 Å². The molecule has 1 heterocycles. The highest BCUT2D eigenvalue weighted by atomic mass is 32.1. The number of hydrogen-bond acceptors (Lipinski definition) is 4. The van der Waals surface area contributed by atoms with E-state index in [1.165, 1.54) is 13.8 Å². The van der Waals surface area contributed by atoms with Gasteiger partial charge >= 0.3 is 12.0 Å². The molecule has 0 aliphatic carbocycles. The van der Waals surface area contributed by atoms with Crippen molar-refractivity contribution in [3.63, 3.8) is 0 Å². The summed E-state index contributed by atoms with van der Waals surface area (Å²) in [5, 5.41) is 17.5. The van der Waals surface area contributed by atoms with Crippen LogP contribution in [0.4, 0.5) is 4.79 Å². The predicted molar refractivity (Wildman–Crippen MR) is 75.6 cm³/mol. The second-order valence-electron chi connectivity index (χ2n) is 5.05. The van der Waals surface area contributed by atoms with Crippen LogP contribution in [0, 0.1) is 5.41 Å². The van der Waals surface area contributed by atoms with E-state index in [1.807, 2.05) is 16.8 Å². The minimum atomic E-state index is -1.19. The molecule has 1 aromatic heterocycles. The van der Waals surface area contributed by atoms with Crippen molar-refractivity contribution in [1.29, 1.82) is 0 Å². The van der Waals surface area contributed by atoms with Crippen molar-refractivity contribution in [3.8, 4) is 0 Å². The minimum Gasteiger partial charge on any atom is -0.481 e. The van der Waals surface area contributed by atoms with Gasteiger partial charge in [-0.3, -0.25) is 14.9 Å². The monoisotopic (exact) mass is 298 g/mol. The van der Waals surface area contributed by atoms with Crippen LogP contribution < -0.4 is 10.6 Å². The molecule has 0 saturated carbocycles. The Labute approximate surface area is 121 Å². The van der Waals surface area contributed by atoms with Crippen molar-refractivity contribution in [1.82, 2.24) is 10.6 Å². The summed E-state index contributed by atoms with van der Waals surface area (Å²) in [7, 11) is 0. The number of carboxylic acid groups (broad SMARTS) is 1. The lowest BCUT2D eigenvalue weighted by Gasteiger charge is -2.17. The largest absolute Gasteiger partial charge is 0.481 e. The highest BCUT2D eigenvalue weighted by Gasteiger charge is 2.30. The summed E-state index contributed by atoms with van der Waals surface area (Å²) < 4.78 is 0. The van der Waals surface area contributed by atoms with E-state index in [0.717, 1.165) is 5.56 Å². The third-order valence-corrected chi connectivity index (χ3v) is 3.45. The molecule has 0 aliphatic heterocycles. The summed E-state index contributed by atoms with van der Waals surface area (Å²) in [4.78, 5) is 33.8. The molecular formula is C13H18N2O4S. The van der Waals surface area contributed by atoms with Crippen LogP contribution in [0.15, 0.2) is 16.8 Å². The van der Waals surface area contributed by atoms with E-state index in [4.69, 9.17) is 5.11 Å². The molecular weight excluding hydrogens is 280 g/mol. The molecule has 1 rings (SSSR count). The summed E-state index contributed by atoms with van der Waals surface area (Å²) in [6.07, 6.45) is 0.437. The van der Waals surface area contributed by atoms with Gasteiger partial charge in [-0.1, -0.05) is 0 Å². The average Bonchev–Trinajstić information content (AvgIpc) is 2.80. The van der Waals surface area contributed by atoms with Crippen molar-refractivity contribution in [2.45, 2.75) is 26.7 Å². The number of thiophene rings is 1. The molecule has 0 spiro atoms. The Morgan fingerprint density at radius 1 is 1.35 bits per heavy atom. The van der Waals surface area contributed by atoms with E-state index in [0.29, 0.717) is 13.0 Å². The van der Waals surface area contributed by atoms with Gasteiger partial charge < -0.3 is 10.4 Å². The molecule has 20 heavy (non-hydrogen) atoms. The summed E-state index contributed by atoms with van der Waals surface area (Å²) in [5.74, 6) is -1.68. The van der Waals surface area contributed by atoms with Crippen molar-refractivity contribution >= 4 is 29.2 Å². The SMILES string of the molecule is CC(C)(CC(=O)NC(=O)NCCc1ccsc1)C(=O)O. The number of carbonyl (C=O) groups is 3. The summed E-state index contributed by atoms with van der Waals surface area (Å²) in [5.41, 5.74) is -0.0743. The van der Waals surface area contributed by atoms with Gasteiger partial charge in [-0.05, 0) is 42.7 Å². The number of amides is 3. The maximum atomic E-state index is 11.5. The number of carboxylic acids is 1. The van der Waals surface area contributed by atoms with Gasteiger partial charge in [0.2, 0.25) is 5.91 Å². The number of hydrogen-bond donors (Lipinski definition) is 3. The third kappa shape index (κ3) is 5.40. The van der Waals surface area contributed by atoms with Gasteiger partial charge in [-0.25, -0.2) is 4.79 Å². The summed E-state index contributed by atoms with van der Waals surface area (Å²) >= 11 is 1.58. The highest BCUT2D eigenvalue weighted by Crippen LogP contribution is 2.19. The van der Waals surface area contributed by atoms with E-state index >= 15 is 0 Å². The molecule has 0 saturated heterocycles. The number of carbonyl (C=O) groups excluding carboxylic acids is 2. The molecule has 3 N–H and O–H groups in total. The van der Waals surface area contributed by atoms with Crippen molar-refractivity contribution in [2.24, 2.45) is 5.41 Å².